The van der Waals surface area contributed by atoms with Crippen molar-refractivity contribution in [3.05, 3.63) is 65.7 Å². The van der Waals surface area contributed by atoms with Gasteiger partial charge < -0.3 is 15.0 Å². The third-order valence-corrected chi connectivity index (χ3v) is 4.57. The molecule has 1 N–H and O–H groups in total. The van der Waals surface area contributed by atoms with Gasteiger partial charge in [0.25, 0.3) is 0 Å². The van der Waals surface area contributed by atoms with Gasteiger partial charge in [-0.05, 0) is 30.5 Å². The summed E-state index contributed by atoms with van der Waals surface area (Å²) < 4.78 is 5.49. The number of nitrogens with one attached hydrogen (secondary N) is 1. The molecular formula is C21H23N3O2. The molecule has 2 aromatic carbocycles. The number of rotatable bonds is 6. The first-order chi connectivity index (χ1) is 12.8. The van der Waals surface area contributed by atoms with Gasteiger partial charge in [0.05, 0.1) is 17.9 Å². The maximum atomic E-state index is 12.1. The van der Waals surface area contributed by atoms with Gasteiger partial charge in [-0.2, -0.15) is 5.26 Å². The van der Waals surface area contributed by atoms with E-state index in [1.165, 1.54) is 0 Å². The van der Waals surface area contributed by atoms with E-state index in [1.807, 2.05) is 54.6 Å². The number of amides is 1. The fourth-order valence-electron chi connectivity index (χ4n) is 3.21. The summed E-state index contributed by atoms with van der Waals surface area (Å²) in [5.74, 6) is -0.0724. The van der Waals surface area contributed by atoms with E-state index >= 15 is 0 Å². The predicted octanol–water partition coefficient (Wildman–Crippen LogP) is 2.86. The molecule has 1 aliphatic heterocycles. The lowest BCUT2D eigenvalue weighted by molar-refractivity contribution is -0.126. The largest absolute Gasteiger partial charge is 0.370 e. The Bertz CT molecular complexity index is 762. The highest BCUT2D eigenvalue weighted by Crippen LogP contribution is 2.23. The smallest absolute Gasteiger partial charge is 0.246 e. The molecule has 0 aromatic heterocycles. The van der Waals surface area contributed by atoms with Crippen LogP contribution in [-0.4, -0.2) is 31.6 Å². The molecule has 26 heavy (non-hydrogen) atoms. The van der Waals surface area contributed by atoms with Crippen molar-refractivity contribution >= 4 is 11.6 Å². The van der Waals surface area contributed by atoms with Crippen LogP contribution in [0, 0.1) is 11.3 Å². The summed E-state index contributed by atoms with van der Waals surface area (Å²) in [6.07, 6.45) is 1.73. The average Bonchev–Trinajstić information content (AvgIpc) is 2.69. The summed E-state index contributed by atoms with van der Waals surface area (Å²) in [5.41, 5.74) is 2.74. The third-order valence-electron chi connectivity index (χ3n) is 4.57. The maximum Gasteiger partial charge on any atom is 0.246 e. The Morgan fingerprint density at radius 2 is 1.81 bits per heavy atom. The van der Waals surface area contributed by atoms with Gasteiger partial charge in [-0.3, -0.25) is 4.79 Å². The fraction of sp³-hybridized carbons (Fsp3) is 0.333. The minimum absolute atomic E-state index is 0.0724. The van der Waals surface area contributed by atoms with Crippen LogP contribution >= 0.6 is 0 Å². The molecule has 2 aromatic rings. The normalized spacial score (nSPS) is 14.7. The van der Waals surface area contributed by atoms with Gasteiger partial charge in [0.15, 0.2) is 0 Å². The van der Waals surface area contributed by atoms with Crippen molar-refractivity contribution in [2.45, 2.75) is 25.5 Å². The van der Waals surface area contributed by atoms with Crippen LogP contribution in [0.4, 0.5) is 5.69 Å². The van der Waals surface area contributed by atoms with E-state index in [4.69, 9.17) is 4.74 Å². The molecule has 1 heterocycles. The highest BCUT2D eigenvalue weighted by Gasteiger charge is 2.22. The molecule has 0 spiro atoms. The number of piperidine rings is 1. The number of nitrogens with zero attached hydrogens (tertiary/aromatic N) is 2. The van der Waals surface area contributed by atoms with E-state index in [-0.39, 0.29) is 18.6 Å². The molecule has 5 nitrogen and oxygen atoms in total. The summed E-state index contributed by atoms with van der Waals surface area (Å²) in [7, 11) is 0. The van der Waals surface area contributed by atoms with Crippen LogP contribution in [0.2, 0.25) is 0 Å². The van der Waals surface area contributed by atoms with E-state index in [1.54, 1.807) is 0 Å². The number of benzene rings is 2. The standard InChI is InChI=1S/C21H23N3O2/c22-14-18-8-4-5-9-20(18)24-12-10-19(11-13-24)23-21(25)16-26-15-17-6-2-1-3-7-17/h1-9,19H,10-13,15-16H2,(H,23,25). The third kappa shape index (κ3) is 4.84. The van der Waals surface area contributed by atoms with Gasteiger partial charge in [-0.25, -0.2) is 0 Å². The summed E-state index contributed by atoms with van der Waals surface area (Å²) in [5, 5.41) is 12.3. The second-order valence-electron chi connectivity index (χ2n) is 6.44. The molecule has 1 aliphatic rings. The molecule has 1 amide bonds. The van der Waals surface area contributed by atoms with Gasteiger partial charge in [0.2, 0.25) is 5.91 Å². The minimum Gasteiger partial charge on any atom is -0.370 e. The number of hydrogen-bond acceptors (Lipinski definition) is 4. The quantitative estimate of drug-likeness (QED) is 0.871. The van der Waals surface area contributed by atoms with Crippen molar-refractivity contribution in [2.75, 3.05) is 24.6 Å². The number of para-hydroxylation sites is 1. The minimum atomic E-state index is -0.0724. The first-order valence-electron chi connectivity index (χ1n) is 8.91. The van der Waals surface area contributed by atoms with E-state index in [9.17, 15) is 10.1 Å². The van der Waals surface area contributed by atoms with Crippen LogP contribution in [0.1, 0.15) is 24.0 Å². The molecule has 134 valence electrons. The van der Waals surface area contributed by atoms with Crippen LogP contribution in [-0.2, 0) is 16.1 Å². The zero-order valence-corrected chi connectivity index (χ0v) is 14.7. The predicted molar refractivity (Wildman–Crippen MR) is 101 cm³/mol. The number of nitriles is 1. The van der Waals surface area contributed by atoms with E-state index in [2.05, 4.69) is 16.3 Å². The van der Waals surface area contributed by atoms with E-state index < -0.39 is 0 Å². The molecule has 0 aliphatic carbocycles. The van der Waals surface area contributed by atoms with Crippen LogP contribution in [0.25, 0.3) is 0 Å². The molecule has 3 rings (SSSR count). The lowest BCUT2D eigenvalue weighted by atomic mass is 10.0. The first kappa shape index (κ1) is 18.0. The lowest BCUT2D eigenvalue weighted by Crippen LogP contribution is -2.45. The van der Waals surface area contributed by atoms with Crippen LogP contribution in [0.15, 0.2) is 54.6 Å². The Labute approximate surface area is 154 Å². The number of carbonyl (C=O) groups excluding carboxylic acids is 1. The first-order valence-corrected chi connectivity index (χ1v) is 8.91. The van der Waals surface area contributed by atoms with Crippen molar-refractivity contribution in [2.24, 2.45) is 0 Å². The number of carbonyl (C=O) groups is 1. The van der Waals surface area contributed by atoms with Crippen molar-refractivity contribution in [1.82, 2.24) is 5.32 Å². The second kappa shape index (κ2) is 9.02. The summed E-state index contributed by atoms with van der Waals surface area (Å²) >= 11 is 0. The zero-order valence-electron chi connectivity index (χ0n) is 14.7. The van der Waals surface area contributed by atoms with Crippen molar-refractivity contribution in [1.29, 1.82) is 5.26 Å². The van der Waals surface area contributed by atoms with Crippen molar-refractivity contribution in [3.63, 3.8) is 0 Å². The van der Waals surface area contributed by atoms with Gasteiger partial charge in [-0.1, -0.05) is 42.5 Å². The molecule has 1 saturated heterocycles. The Morgan fingerprint density at radius 3 is 2.54 bits per heavy atom. The molecule has 0 unspecified atom stereocenters. The Kier molecular flexibility index (Phi) is 6.24. The molecule has 0 radical (unpaired) electrons. The van der Waals surface area contributed by atoms with E-state index in [0.29, 0.717) is 12.2 Å². The fourth-order valence-corrected chi connectivity index (χ4v) is 3.21. The molecule has 1 fully saturated rings. The summed E-state index contributed by atoms with van der Waals surface area (Å²) in [6, 6.07) is 19.9. The van der Waals surface area contributed by atoms with Crippen LogP contribution < -0.4 is 10.2 Å². The summed E-state index contributed by atoms with van der Waals surface area (Å²) in [4.78, 5) is 14.3. The van der Waals surface area contributed by atoms with Crippen LogP contribution in [0.5, 0.6) is 0 Å². The number of ether oxygens (including phenoxy) is 1. The molecule has 0 atom stereocenters. The molecule has 5 heteroatoms. The van der Waals surface area contributed by atoms with Gasteiger partial charge >= 0.3 is 0 Å². The maximum absolute atomic E-state index is 12.1. The number of anilines is 1. The summed E-state index contributed by atoms with van der Waals surface area (Å²) in [6.45, 7) is 2.17. The molecule has 0 saturated carbocycles. The molecular weight excluding hydrogens is 326 g/mol. The van der Waals surface area contributed by atoms with Gasteiger partial charge in [-0.15, -0.1) is 0 Å². The average molecular weight is 349 g/mol. The number of hydrogen-bond donors (Lipinski definition) is 1. The van der Waals surface area contributed by atoms with Gasteiger partial charge in [0, 0.05) is 19.1 Å². The highest BCUT2D eigenvalue weighted by atomic mass is 16.5. The van der Waals surface area contributed by atoms with Crippen LogP contribution in [0.3, 0.4) is 0 Å². The topological polar surface area (TPSA) is 65.4 Å². The van der Waals surface area contributed by atoms with Crippen molar-refractivity contribution < 1.29 is 9.53 Å². The Balaban J connectivity index is 1.41. The van der Waals surface area contributed by atoms with E-state index in [0.717, 1.165) is 37.2 Å². The molecule has 0 bridgehead atoms. The zero-order chi connectivity index (χ0) is 18.2. The Morgan fingerprint density at radius 1 is 1.12 bits per heavy atom. The Hall–Kier alpha value is -2.84. The highest BCUT2D eigenvalue weighted by molar-refractivity contribution is 5.77. The second-order valence-corrected chi connectivity index (χ2v) is 6.44. The monoisotopic (exact) mass is 349 g/mol. The van der Waals surface area contributed by atoms with Crippen molar-refractivity contribution in [3.8, 4) is 6.07 Å². The lowest BCUT2D eigenvalue weighted by Gasteiger charge is -2.34. The SMILES string of the molecule is N#Cc1ccccc1N1CCC(NC(=O)COCc2ccccc2)CC1. The van der Waals surface area contributed by atoms with Gasteiger partial charge in [0.1, 0.15) is 12.7 Å².